The number of likely N-dealkylation sites (tertiary alicyclic amines) is 2. The minimum absolute atomic E-state index is 0.0538. The molecular weight excluding hydrogens is 326 g/mol. The van der Waals surface area contributed by atoms with Crippen LogP contribution in [0.5, 0.6) is 5.75 Å². The molecule has 5 heteroatoms. The number of rotatable bonds is 5. The van der Waals surface area contributed by atoms with Crippen molar-refractivity contribution in [1.82, 2.24) is 15.1 Å². The fourth-order valence-electron chi connectivity index (χ4n) is 4.00. The van der Waals surface area contributed by atoms with E-state index < -0.39 is 0 Å². The molecule has 0 saturated carbocycles. The molecular formula is C21H33N3O2. The van der Waals surface area contributed by atoms with Gasteiger partial charge >= 0.3 is 6.03 Å². The van der Waals surface area contributed by atoms with E-state index in [4.69, 9.17) is 4.74 Å². The highest BCUT2D eigenvalue weighted by Gasteiger charge is 2.25. The highest BCUT2D eigenvalue weighted by atomic mass is 16.5. The lowest BCUT2D eigenvalue weighted by Crippen LogP contribution is -2.46. The number of nitrogens with zero attached hydrogens (tertiary/aromatic N) is 2. The first-order valence-electron chi connectivity index (χ1n) is 10.0. The van der Waals surface area contributed by atoms with Crippen molar-refractivity contribution in [1.29, 1.82) is 0 Å². The van der Waals surface area contributed by atoms with Gasteiger partial charge in [0.15, 0.2) is 0 Å². The molecule has 26 heavy (non-hydrogen) atoms. The van der Waals surface area contributed by atoms with E-state index in [-0.39, 0.29) is 6.03 Å². The first-order valence-corrected chi connectivity index (χ1v) is 10.0. The average molecular weight is 360 g/mol. The fraction of sp³-hybridized carbons (Fsp3) is 0.667. The first-order chi connectivity index (χ1) is 12.6. The second-order valence-electron chi connectivity index (χ2n) is 7.92. The molecule has 5 nitrogen and oxygen atoms in total. The van der Waals surface area contributed by atoms with Gasteiger partial charge in [-0.15, -0.1) is 0 Å². The van der Waals surface area contributed by atoms with E-state index in [0.717, 1.165) is 49.1 Å². The molecule has 2 heterocycles. The molecule has 1 aromatic rings. The van der Waals surface area contributed by atoms with E-state index in [1.807, 2.05) is 29.2 Å². The maximum Gasteiger partial charge on any atom is 0.317 e. The Labute approximate surface area is 157 Å². The Morgan fingerprint density at radius 1 is 1.15 bits per heavy atom. The number of benzene rings is 1. The van der Waals surface area contributed by atoms with E-state index >= 15 is 0 Å². The van der Waals surface area contributed by atoms with Crippen LogP contribution in [0.4, 0.5) is 4.79 Å². The second-order valence-corrected chi connectivity index (χ2v) is 7.92. The Morgan fingerprint density at radius 3 is 2.58 bits per heavy atom. The average Bonchev–Trinajstić information content (AvgIpc) is 2.68. The zero-order chi connectivity index (χ0) is 18.4. The van der Waals surface area contributed by atoms with Gasteiger partial charge < -0.3 is 19.9 Å². The molecule has 144 valence electrons. The van der Waals surface area contributed by atoms with E-state index in [2.05, 4.69) is 17.1 Å². The van der Waals surface area contributed by atoms with Crippen LogP contribution in [0.1, 0.15) is 38.2 Å². The van der Waals surface area contributed by atoms with Crippen LogP contribution in [0, 0.1) is 11.8 Å². The summed E-state index contributed by atoms with van der Waals surface area (Å²) in [6, 6.07) is 7.89. The van der Waals surface area contributed by atoms with Crippen molar-refractivity contribution in [3.05, 3.63) is 29.8 Å². The van der Waals surface area contributed by atoms with Crippen LogP contribution < -0.4 is 10.1 Å². The summed E-state index contributed by atoms with van der Waals surface area (Å²) < 4.78 is 5.23. The fourth-order valence-corrected chi connectivity index (χ4v) is 4.00. The first kappa shape index (κ1) is 19.0. The third-order valence-electron chi connectivity index (χ3n) is 5.87. The van der Waals surface area contributed by atoms with Gasteiger partial charge in [-0.05, 0) is 68.3 Å². The maximum atomic E-state index is 12.4. The van der Waals surface area contributed by atoms with Gasteiger partial charge in [-0.3, -0.25) is 0 Å². The molecule has 0 radical (unpaired) electrons. The number of urea groups is 1. The van der Waals surface area contributed by atoms with E-state index in [0.29, 0.717) is 6.54 Å². The number of hydrogen-bond donors (Lipinski definition) is 1. The van der Waals surface area contributed by atoms with Crippen molar-refractivity contribution in [2.24, 2.45) is 11.8 Å². The SMILES string of the molecule is COc1cccc(CNC(=O)N2CCC(CN3CCC(C)CC3)CC2)c1. The van der Waals surface area contributed by atoms with Crippen LogP contribution in [0.25, 0.3) is 0 Å². The minimum atomic E-state index is 0.0538. The van der Waals surface area contributed by atoms with Gasteiger partial charge in [0.2, 0.25) is 0 Å². The van der Waals surface area contributed by atoms with Crippen LogP contribution in [-0.4, -0.2) is 55.7 Å². The zero-order valence-corrected chi connectivity index (χ0v) is 16.2. The number of piperidine rings is 2. The lowest BCUT2D eigenvalue weighted by atomic mass is 9.93. The summed E-state index contributed by atoms with van der Waals surface area (Å²) in [5, 5.41) is 3.04. The molecule has 0 aromatic heterocycles. The summed E-state index contributed by atoms with van der Waals surface area (Å²) in [7, 11) is 1.66. The Morgan fingerprint density at radius 2 is 1.88 bits per heavy atom. The lowest BCUT2D eigenvalue weighted by Gasteiger charge is -2.37. The number of hydrogen-bond acceptors (Lipinski definition) is 3. The Bertz CT molecular complexity index is 576. The minimum Gasteiger partial charge on any atom is -0.497 e. The highest BCUT2D eigenvalue weighted by Crippen LogP contribution is 2.22. The summed E-state index contributed by atoms with van der Waals surface area (Å²) in [5.74, 6) is 2.46. The molecule has 1 aromatic carbocycles. The van der Waals surface area contributed by atoms with Crippen molar-refractivity contribution in [3.8, 4) is 5.75 Å². The molecule has 0 atom stereocenters. The van der Waals surface area contributed by atoms with Crippen LogP contribution in [0.15, 0.2) is 24.3 Å². The second kappa shape index (κ2) is 9.26. The van der Waals surface area contributed by atoms with Gasteiger partial charge in [0.1, 0.15) is 5.75 Å². The number of methoxy groups -OCH3 is 1. The number of nitrogens with one attached hydrogen (secondary N) is 1. The molecule has 0 unspecified atom stereocenters. The summed E-state index contributed by atoms with van der Waals surface area (Å²) >= 11 is 0. The predicted octanol–water partition coefficient (Wildman–Crippen LogP) is 3.35. The summed E-state index contributed by atoms with van der Waals surface area (Å²) in [6.07, 6.45) is 4.92. The third-order valence-corrected chi connectivity index (χ3v) is 5.87. The van der Waals surface area contributed by atoms with Gasteiger partial charge in [0.05, 0.1) is 7.11 Å². The zero-order valence-electron chi connectivity index (χ0n) is 16.2. The monoisotopic (exact) mass is 359 g/mol. The standard InChI is InChI=1S/C21H33N3O2/c1-17-6-10-23(11-7-17)16-18-8-12-24(13-9-18)21(25)22-15-19-4-3-5-20(14-19)26-2/h3-5,14,17-18H,6-13,15-16H2,1-2H3,(H,22,25). The predicted molar refractivity (Wildman–Crippen MR) is 104 cm³/mol. The van der Waals surface area contributed by atoms with Crippen molar-refractivity contribution >= 4 is 6.03 Å². The smallest absolute Gasteiger partial charge is 0.317 e. The van der Waals surface area contributed by atoms with E-state index in [1.54, 1.807) is 7.11 Å². The van der Waals surface area contributed by atoms with Gasteiger partial charge in [0.25, 0.3) is 0 Å². The van der Waals surface area contributed by atoms with Gasteiger partial charge in [0, 0.05) is 26.2 Å². The molecule has 0 aliphatic carbocycles. The Kier molecular flexibility index (Phi) is 6.78. The van der Waals surface area contributed by atoms with E-state index in [9.17, 15) is 4.79 Å². The maximum absolute atomic E-state index is 12.4. The molecule has 2 aliphatic heterocycles. The van der Waals surface area contributed by atoms with Crippen LogP contribution in [0.2, 0.25) is 0 Å². The van der Waals surface area contributed by atoms with Gasteiger partial charge in [-0.1, -0.05) is 19.1 Å². The molecule has 2 saturated heterocycles. The van der Waals surface area contributed by atoms with Crippen molar-refractivity contribution in [3.63, 3.8) is 0 Å². The molecule has 2 aliphatic rings. The van der Waals surface area contributed by atoms with Gasteiger partial charge in [-0.2, -0.15) is 0 Å². The third kappa shape index (κ3) is 5.37. The van der Waals surface area contributed by atoms with Crippen molar-refractivity contribution in [2.45, 2.75) is 39.2 Å². The Hall–Kier alpha value is -1.75. The topological polar surface area (TPSA) is 44.8 Å². The number of carbonyl (C=O) groups is 1. The summed E-state index contributed by atoms with van der Waals surface area (Å²) in [6.45, 7) is 8.37. The number of amides is 2. The van der Waals surface area contributed by atoms with Crippen LogP contribution in [0.3, 0.4) is 0 Å². The molecule has 2 fully saturated rings. The van der Waals surface area contributed by atoms with Crippen LogP contribution in [-0.2, 0) is 6.54 Å². The highest BCUT2D eigenvalue weighted by molar-refractivity contribution is 5.74. The molecule has 0 bridgehead atoms. The molecule has 0 spiro atoms. The van der Waals surface area contributed by atoms with E-state index in [1.165, 1.54) is 32.5 Å². The quantitative estimate of drug-likeness (QED) is 0.877. The molecule has 2 amide bonds. The van der Waals surface area contributed by atoms with Crippen molar-refractivity contribution in [2.75, 3.05) is 39.8 Å². The summed E-state index contributed by atoms with van der Waals surface area (Å²) in [5.41, 5.74) is 1.06. The number of ether oxygens (including phenoxy) is 1. The lowest BCUT2D eigenvalue weighted by molar-refractivity contribution is 0.126. The Balaban J connectivity index is 1.38. The van der Waals surface area contributed by atoms with Crippen molar-refractivity contribution < 1.29 is 9.53 Å². The molecule has 3 rings (SSSR count). The molecule has 1 N–H and O–H groups in total. The number of carbonyl (C=O) groups excluding carboxylic acids is 1. The van der Waals surface area contributed by atoms with Gasteiger partial charge in [-0.25, -0.2) is 4.79 Å². The summed E-state index contributed by atoms with van der Waals surface area (Å²) in [4.78, 5) is 17.0. The normalized spacial score (nSPS) is 20.2. The van der Waals surface area contributed by atoms with Crippen LogP contribution >= 0.6 is 0 Å². The largest absolute Gasteiger partial charge is 0.497 e.